The molecule has 0 bridgehead atoms. The maximum Gasteiger partial charge on any atom is 0.124 e. The van der Waals surface area contributed by atoms with Crippen molar-refractivity contribution in [3.63, 3.8) is 0 Å². The van der Waals surface area contributed by atoms with E-state index >= 15 is 0 Å². The Morgan fingerprint density at radius 2 is 1.96 bits per heavy atom. The molecule has 4 nitrogen and oxygen atoms in total. The van der Waals surface area contributed by atoms with Gasteiger partial charge >= 0.3 is 0 Å². The maximum atomic E-state index is 6.10. The Labute approximate surface area is 149 Å². The van der Waals surface area contributed by atoms with Crippen LogP contribution in [-0.4, -0.2) is 50.8 Å². The van der Waals surface area contributed by atoms with Gasteiger partial charge in [0.15, 0.2) is 0 Å². The third-order valence-corrected chi connectivity index (χ3v) is 5.94. The lowest BCUT2D eigenvalue weighted by atomic mass is 9.98. The van der Waals surface area contributed by atoms with Gasteiger partial charge in [0.25, 0.3) is 0 Å². The second-order valence-electron chi connectivity index (χ2n) is 7.12. The number of hydrogen-bond donors (Lipinski definition) is 0. The number of nitrogens with zero attached hydrogens (tertiary/aromatic N) is 1. The summed E-state index contributed by atoms with van der Waals surface area (Å²) >= 11 is 1.77. The summed E-state index contributed by atoms with van der Waals surface area (Å²) in [5.41, 5.74) is 0.244. The molecule has 3 rings (SSSR count). The van der Waals surface area contributed by atoms with Crippen LogP contribution in [0.2, 0.25) is 0 Å². The highest BCUT2D eigenvalue weighted by atomic mass is 32.2. The van der Waals surface area contributed by atoms with E-state index in [2.05, 4.69) is 31.0 Å². The zero-order valence-electron chi connectivity index (χ0n) is 15.0. The Hall–Kier alpha value is -0.910. The van der Waals surface area contributed by atoms with Gasteiger partial charge in [-0.05, 0) is 63.4 Å². The van der Waals surface area contributed by atoms with Crippen molar-refractivity contribution < 1.29 is 14.2 Å². The van der Waals surface area contributed by atoms with Gasteiger partial charge in [0, 0.05) is 11.0 Å². The number of rotatable bonds is 6. The van der Waals surface area contributed by atoms with Gasteiger partial charge in [0.05, 0.1) is 20.3 Å². The van der Waals surface area contributed by atoms with Crippen LogP contribution >= 0.6 is 11.8 Å². The highest BCUT2D eigenvalue weighted by molar-refractivity contribution is 7.99. The third kappa shape index (κ3) is 5.04. The fraction of sp³-hybridized carbons (Fsp3) is 0.684. The first-order chi connectivity index (χ1) is 11.6. The van der Waals surface area contributed by atoms with Crippen LogP contribution in [0.4, 0.5) is 0 Å². The van der Waals surface area contributed by atoms with Crippen LogP contribution in [-0.2, 0) is 4.74 Å². The first kappa shape index (κ1) is 17.9. The van der Waals surface area contributed by atoms with E-state index < -0.39 is 0 Å². The number of piperidine rings is 1. The summed E-state index contributed by atoms with van der Waals surface area (Å²) in [7, 11) is 3.90. The second-order valence-corrected chi connectivity index (χ2v) is 8.36. The van der Waals surface area contributed by atoms with E-state index in [1.54, 1.807) is 18.9 Å². The molecule has 134 valence electrons. The molecule has 0 aliphatic carbocycles. The SMILES string of the molecule is COc1cc(OCC2CCN(C)CC2)cc(SC2C[C@@H](C)CO2)c1. The van der Waals surface area contributed by atoms with E-state index in [0.29, 0.717) is 11.8 Å². The molecule has 0 amide bonds. The van der Waals surface area contributed by atoms with Crippen molar-refractivity contribution in [2.24, 2.45) is 11.8 Å². The molecule has 0 aromatic heterocycles. The Balaban J connectivity index is 1.58. The van der Waals surface area contributed by atoms with Crippen LogP contribution < -0.4 is 9.47 Å². The van der Waals surface area contributed by atoms with E-state index in [9.17, 15) is 0 Å². The summed E-state index contributed by atoms with van der Waals surface area (Å²) < 4.78 is 17.4. The van der Waals surface area contributed by atoms with Gasteiger partial charge in [-0.2, -0.15) is 0 Å². The minimum atomic E-state index is 0.244. The van der Waals surface area contributed by atoms with Gasteiger partial charge < -0.3 is 19.1 Å². The van der Waals surface area contributed by atoms with Crippen LogP contribution in [0.5, 0.6) is 11.5 Å². The normalized spacial score (nSPS) is 25.8. The number of likely N-dealkylation sites (tertiary alicyclic amines) is 1. The van der Waals surface area contributed by atoms with Crippen LogP contribution in [0.3, 0.4) is 0 Å². The van der Waals surface area contributed by atoms with Gasteiger partial charge in [-0.1, -0.05) is 18.7 Å². The molecule has 2 saturated heterocycles. The van der Waals surface area contributed by atoms with Crippen molar-refractivity contribution in [2.45, 2.75) is 36.5 Å². The predicted octanol–water partition coefficient (Wildman–Crippen LogP) is 3.89. The predicted molar refractivity (Wildman–Crippen MR) is 98.1 cm³/mol. The average Bonchev–Trinajstić information content (AvgIpc) is 2.99. The van der Waals surface area contributed by atoms with E-state index in [0.717, 1.165) is 36.0 Å². The van der Waals surface area contributed by atoms with Crippen molar-refractivity contribution in [3.05, 3.63) is 18.2 Å². The fourth-order valence-corrected chi connectivity index (χ4v) is 4.47. The fourth-order valence-electron chi connectivity index (χ4n) is 3.23. The molecule has 2 aliphatic rings. The third-order valence-electron chi connectivity index (χ3n) is 4.84. The minimum absolute atomic E-state index is 0.244. The summed E-state index contributed by atoms with van der Waals surface area (Å²) in [5.74, 6) is 3.06. The molecule has 1 aromatic carbocycles. The van der Waals surface area contributed by atoms with Gasteiger partial charge in [0.1, 0.15) is 16.9 Å². The Morgan fingerprint density at radius 1 is 1.21 bits per heavy atom. The van der Waals surface area contributed by atoms with E-state index in [-0.39, 0.29) is 5.44 Å². The first-order valence-electron chi connectivity index (χ1n) is 8.91. The molecule has 2 aliphatic heterocycles. The van der Waals surface area contributed by atoms with Gasteiger partial charge in [0.2, 0.25) is 0 Å². The van der Waals surface area contributed by atoms with Gasteiger partial charge in [-0.25, -0.2) is 0 Å². The lowest BCUT2D eigenvalue weighted by Gasteiger charge is -2.28. The lowest BCUT2D eigenvalue weighted by Crippen LogP contribution is -2.32. The highest BCUT2D eigenvalue weighted by Gasteiger charge is 2.23. The number of methoxy groups -OCH3 is 1. The van der Waals surface area contributed by atoms with Gasteiger partial charge in [-0.15, -0.1) is 0 Å². The molecule has 2 heterocycles. The molecule has 2 fully saturated rings. The molecule has 5 heteroatoms. The van der Waals surface area contributed by atoms with Crippen molar-refractivity contribution in [2.75, 3.05) is 40.5 Å². The second kappa shape index (κ2) is 8.45. The number of hydrogen-bond acceptors (Lipinski definition) is 5. The molecule has 0 radical (unpaired) electrons. The minimum Gasteiger partial charge on any atom is -0.497 e. The average molecular weight is 352 g/mol. The Kier molecular flexibility index (Phi) is 6.31. The zero-order valence-corrected chi connectivity index (χ0v) is 15.8. The molecule has 1 unspecified atom stereocenters. The van der Waals surface area contributed by atoms with Crippen molar-refractivity contribution in [1.82, 2.24) is 4.90 Å². The van der Waals surface area contributed by atoms with Crippen LogP contribution in [0.25, 0.3) is 0 Å². The zero-order chi connectivity index (χ0) is 16.9. The standard InChI is InChI=1S/C19H29NO3S/c1-14-8-19(23-12-14)24-18-10-16(21-3)9-17(11-18)22-13-15-4-6-20(2)7-5-15/h9-11,14-15,19H,4-8,12-13H2,1-3H3/t14-,19?/m1/s1. The van der Waals surface area contributed by atoms with Crippen molar-refractivity contribution >= 4 is 11.8 Å². The smallest absolute Gasteiger partial charge is 0.124 e. The summed E-state index contributed by atoms with van der Waals surface area (Å²) in [4.78, 5) is 3.55. The summed E-state index contributed by atoms with van der Waals surface area (Å²) in [5, 5.41) is 0. The Bertz CT molecular complexity index is 531. The van der Waals surface area contributed by atoms with Crippen molar-refractivity contribution in [1.29, 1.82) is 0 Å². The van der Waals surface area contributed by atoms with Crippen LogP contribution in [0.15, 0.2) is 23.1 Å². The van der Waals surface area contributed by atoms with E-state index in [4.69, 9.17) is 14.2 Å². The first-order valence-corrected chi connectivity index (χ1v) is 9.79. The summed E-state index contributed by atoms with van der Waals surface area (Å²) in [6, 6.07) is 6.17. The monoisotopic (exact) mass is 351 g/mol. The highest BCUT2D eigenvalue weighted by Crippen LogP contribution is 2.37. The lowest BCUT2D eigenvalue weighted by molar-refractivity contribution is 0.159. The van der Waals surface area contributed by atoms with E-state index in [1.807, 2.05) is 6.07 Å². The van der Waals surface area contributed by atoms with Crippen molar-refractivity contribution in [3.8, 4) is 11.5 Å². The van der Waals surface area contributed by atoms with Crippen LogP contribution in [0, 0.1) is 11.8 Å². The quantitative estimate of drug-likeness (QED) is 0.776. The summed E-state index contributed by atoms with van der Waals surface area (Å²) in [6.45, 7) is 6.24. The molecular weight excluding hydrogens is 322 g/mol. The maximum absolute atomic E-state index is 6.10. The van der Waals surface area contributed by atoms with Gasteiger partial charge in [-0.3, -0.25) is 0 Å². The number of benzene rings is 1. The molecule has 0 spiro atoms. The summed E-state index contributed by atoms with van der Waals surface area (Å²) in [6.07, 6.45) is 3.54. The van der Waals surface area contributed by atoms with Crippen LogP contribution in [0.1, 0.15) is 26.2 Å². The number of ether oxygens (including phenoxy) is 3. The molecule has 0 saturated carbocycles. The van der Waals surface area contributed by atoms with E-state index in [1.165, 1.54) is 25.9 Å². The molecular formula is C19H29NO3S. The number of thioether (sulfide) groups is 1. The molecule has 2 atom stereocenters. The molecule has 0 N–H and O–H groups in total. The topological polar surface area (TPSA) is 30.9 Å². The molecule has 24 heavy (non-hydrogen) atoms. The largest absolute Gasteiger partial charge is 0.497 e. The Morgan fingerprint density at radius 3 is 2.62 bits per heavy atom. The molecule has 1 aromatic rings.